The molecule has 1 aliphatic heterocycles. The number of fused-ring (bicyclic) bond motifs is 1. The lowest BCUT2D eigenvalue weighted by molar-refractivity contribution is -0.143. The highest BCUT2D eigenvalue weighted by Gasteiger charge is 2.37. The van der Waals surface area contributed by atoms with Crippen molar-refractivity contribution >= 4 is 22.3 Å². The molecule has 1 N–H and O–H groups in total. The number of aliphatic carboxylic acids is 1. The van der Waals surface area contributed by atoms with Gasteiger partial charge >= 0.3 is 5.97 Å². The van der Waals surface area contributed by atoms with Crippen LogP contribution in [0.3, 0.4) is 0 Å². The highest BCUT2D eigenvalue weighted by atomic mass is 32.1. The summed E-state index contributed by atoms with van der Waals surface area (Å²) in [4.78, 5) is 18.9. The Balaban J connectivity index is 1.76. The third kappa shape index (κ3) is 2.44. The van der Waals surface area contributed by atoms with Gasteiger partial charge in [0.25, 0.3) is 0 Å². The molecule has 20 heavy (non-hydrogen) atoms. The molecule has 0 amide bonds. The van der Waals surface area contributed by atoms with Crippen LogP contribution < -0.4 is 0 Å². The molecule has 1 aliphatic rings. The molecule has 0 radical (unpaired) electrons. The molecule has 3 heterocycles. The molecule has 108 valence electrons. The van der Waals surface area contributed by atoms with Crippen LogP contribution in [-0.4, -0.2) is 51.2 Å². The summed E-state index contributed by atoms with van der Waals surface area (Å²) in [5.74, 6) is -1.23. The predicted octanol–water partition coefficient (Wildman–Crippen LogP) is 1.32. The van der Waals surface area contributed by atoms with Gasteiger partial charge in [-0.3, -0.25) is 14.1 Å². The lowest BCUT2D eigenvalue weighted by Gasteiger charge is -2.28. The van der Waals surface area contributed by atoms with Crippen LogP contribution in [-0.2, 0) is 16.1 Å². The van der Waals surface area contributed by atoms with Crippen LogP contribution in [0.25, 0.3) is 4.96 Å². The number of imidazole rings is 1. The zero-order valence-electron chi connectivity index (χ0n) is 11.2. The maximum absolute atomic E-state index is 11.3. The molecule has 2 aromatic heterocycles. The summed E-state index contributed by atoms with van der Waals surface area (Å²) in [6.45, 7) is 4.25. The molecule has 7 heteroatoms. The molecule has 2 atom stereocenters. The molecule has 2 unspecified atom stereocenters. The Morgan fingerprint density at radius 3 is 3.20 bits per heavy atom. The van der Waals surface area contributed by atoms with E-state index in [1.54, 1.807) is 11.3 Å². The normalized spacial score (nSPS) is 22.9. The van der Waals surface area contributed by atoms with E-state index in [9.17, 15) is 9.90 Å². The minimum atomic E-state index is -0.781. The summed E-state index contributed by atoms with van der Waals surface area (Å²) in [5.41, 5.74) is 0.967. The minimum Gasteiger partial charge on any atom is -0.481 e. The summed E-state index contributed by atoms with van der Waals surface area (Å²) in [5, 5.41) is 11.2. The number of thiazole rings is 1. The molecule has 0 saturated carbocycles. The number of carboxylic acids is 1. The summed E-state index contributed by atoms with van der Waals surface area (Å²) in [6, 6.07) is -0.0720. The highest BCUT2D eigenvalue weighted by Crippen LogP contribution is 2.22. The van der Waals surface area contributed by atoms with Crippen LogP contribution in [0.4, 0.5) is 0 Å². The number of hydrogen-bond donors (Lipinski definition) is 1. The molecule has 0 aromatic carbocycles. The summed E-state index contributed by atoms with van der Waals surface area (Å²) in [6.07, 6.45) is 3.98. The Morgan fingerprint density at radius 2 is 2.50 bits per heavy atom. The van der Waals surface area contributed by atoms with Crippen molar-refractivity contribution < 1.29 is 14.6 Å². The Kier molecular flexibility index (Phi) is 3.73. The van der Waals surface area contributed by atoms with E-state index < -0.39 is 11.9 Å². The quantitative estimate of drug-likeness (QED) is 0.901. The largest absolute Gasteiger partial charge is 0.481 e. The van der Waals surface area contributed by atoms with Crippen molar-refractivity contribution in [3.8, 4) is 0 Å². The van der Waals surface area contributed by atoms with Gasteiger partial charge in [0, 0.05) is 30.4 Å². The SMILES string of the molecule is CCN(Cc1cn2ccsc2n1)C1COCC1C(=O)O. The van der Waals surface area contributed by atoms with E-state index in [-0.39, 0.29) is 6.04 Å². The van der Waals surface area contributed by atoms with E-state index >= 15 is 0 Å². The lowest BCUT2D eigenvalue weighted by Crippen LogP contribution is -2.42. The number of likely N-dealkylation sites (N-methyl/N-ethyl adjacent to an activating group) is 1. The number of aromatic nitrogens is 2. The van der Waals surface area contributed by atoms with E-state index in [1.165, 1.54) is 0 Å². The van der Waals surface area contributed by atoms with Gasteiger partial charge in [-0.1, -0.05) is 6.92 Å². The van der Waals surface area contributed by atoms with E-state index in [0.29, 0.717) is 19.8 Å². The lowest BCUT2D eigenvalue weighted by atomic mass is 10.0. The van der Waals surface area contributed by atoms with Gasteiger partial charge in [0.2, 0.25) is 0 Å². The molecular formula is C13H17N3O3S. The Morgan fingerprint density at radius 1 is 1.65 bits per heavy atom. The number of carbonyl (C=O) groups is 1. The Labute approximate surface area is 120 Å². The highest BCUT2D eigenvalue weighted by molar-refractivity contribution is 7.15. The standard InChI is InChI=1S/C13H17N3O3S/c1-2-15(11-8-19-7-10(11)12(17)18)5-9-6-16-3-4-20-13(16)14-9/h3-4,6,10-11H,2,5,7-8H2,1H3,(H,17,18). The molecule has 3 rings (SSSR count). The second-order valence-corrected chi connectivity index (χ2v) is 5.81. The first-order valence-electron chi connectivity index (χ1n) is 6.64. The van der Waals surface area contributed by atoms with E-state index in [4.69, 9.17) is 4.74 Å². The Hall–Kier alpha value is -1.44. The summed E-state index contributed by atoms with van der Waals surface area (Å²) >= 11 is 1.60. The smallest absolute Gasteiger partial charge is 0.310 e. The van der Waals surface area contributed by atoms with E-state index in [0.717, 1.165) is 17.2 Å². The van der Waals surface area contributed by atoms with Gasteiger partial charge in [0.1, 0.15) is 0 Å². The fourth-order valence-electron chi connectivity index (χ4n) is 2.66. The fraction of sp³-hybridized carbons (Fsp3) is 0.538. The van der Waals surface area contributed by atoms with Gasteiger partial charge in [-0.25, -0.2) is 4.98 Å². The maximum Gasteiger partial charge on any atom is 0.310 e. The average Bonchev–Trinajstić information content (AvgIpc) is 3.10. The first-order chi connectivity index (χ1) is 9.69. The molecule has 2 aromatic rings. The molecule has 1 fully saturated rings. The summed E-state index contributed by atoms with van der Waals surface area (Å²) in [7, 11) is 0. The first-order valence-corrected chi connectivity index (χ1v) is 7.52. The van der Waals surface area contributed by atoms with Gasteiger partial charge in [-0.05, 0) is 6.54 Å². The van der Waals surface area contributed by atoms with E-state index in [1.807, 2.05) is 29.1 Å². The maximum atomic E-state index is 11.3. The van der Waals surface area contributed by atoms with Crippen molar-refractivity contribution in [1.82, 2.24) is 14.3 Å². The van der Waals surface area contributed by atoms with Crippen molar-refractivity contribution in [2.75, 3.05) is 19.8 Å². The van der Waals surface area contributed by atoms with Crippen molar-refractivity contribution in [2.24, 2.45) is 5.92 Å². The van der Waals surface area contributed by atoms with Crippen molar-refractivity contribution in [3.63, 3.8) is 0 Å². The van der Waals surface area contributed by atoms with Crippen molar-refractivity contribution in [1.29, 1.82) is 0 Å². The van der Waals surface area contributed by atoms with Crippen molar-refractivity contribution in [2.45, 2.75) is 19.5 Å². The monoisotopic (exact) mass is 295 g/mol. The molecule has 0 bridgehead atoms. The van der Waals surface area contributed by atoms with Gasteiger partial charge in [-0.2, -0.15) is 0 Å². The summed E-state index contributed by atoms with van der Waals surface area (Å²) < 4.78 is 7.34. The van der Waals surface area contributed by atoms with Crippen LogP contribution in [0.15, 0.2) is 17.8 Å². The zero-order chi connectivity index (χ0) is 14.1. The average molecular weight is 295 g/mol. The van der Waals surface area contributed by atoms with Crippen LogP contribution in [0.5, 0.6) is 0 Å². The molecular weight excluding hydrogens is 278 g/mol. The molecule has 1 saturated heterocycles. The second kappa shape index (κ2) is 5.51. The van der Waals surface area contributed by atoms with Gasteiger partial charge < -0.3 is 9.84 Å². The third-order valence-electron chi connectivity index (χ3n) is 3.75. The number of hydrogen-bond acceptors (Lipinski definition) is 5. The zero-order valence-corrected chi connectivity index (χ0v) is 12.0. The minimum absolute atomic E-state index is 0.0720. The number of ether oxygens (including phenoxy) is 1. The molecule has 6 nitrogen and oxygen atoms in total. The van der Waals surface area contributed by atoms with Crippen LogP contribution >= 0.6 is 11.3 Å². The topological polar surface area (TPSA) is 67.1 Å². The van der Waals surface area contributed by atoms with E-state index in [2.05, 4.69) is 9.88 Å². The van der Waals surface area contributed by atoms with Gasteiger partial charge in [0.05, 0.1) is 24.8 Å². The molecule has 0 aliphatic carbocycles. The predicted molar refractivity (Wildman–Crippen MR) is 74.9 cm³/mol. The number of rotatable bonds is 5. The van der Waals surface area contributed by atoms with Crippen LogP contribution in [0.1, 0.15) is 12.6 Å². The first kappa shape index (κ1) is 13.5. The Bertz CT molecular complexity index is 580. The molecule has 0 spiro atoms. The fourth-order valence-corrected chi connectivity index (χ4v) is 3.38. The second-order valence-electron chi connectivity index (χ2n) is 4.94. The third-order valence-corrected chi connectivity index (χ3v) is 4.52. The van der Waals surface area contributed by atoms with Crippen molar-refractivity contribution in [3.05, 3.63) is 23.5 Å². The van der Waals surface area contributed by atoms with Gasteiger partial charge in [0.15, 0.2) is 4.96 Å². The van der Waals surface area contributed by atoms with Gasteiger partial charge in [-0.15, -0.1) is 11.3 Å². The van der Waals surface area contributed by atoms with Crippen LogP contribution in [0.2, 0.25) is 0 Å². The number of carboxylic acid groups (broad SMARTS) is 1. The number of nitrogens with zero attached hydrogens (tertiary/aromatic N) is 3. The van der Waals surface area contributed by atoms with Crippen LogP contribution in [0, 0.1) is 5.92 Å².